The Kier molecular flexibility index (Phi) is 5.66. The van der Waals surface area contributed by atoms with Crippen LogP contribution in [0.25, 0.3) is 0 Å². The average Bonchev–Trinajstić information content (AvgIpc) is 2.68. The van der Waals surface area contributed by atoms with Crippen LogP contribution in [0.5, 0.6) is 5.75 Å². The second-order valence-electron chi connectivity index (χ2n) is 6.02. The molecule has 2 N–H and O–H groups in total. The first-order chi connectivity index (χ1) is 13.1. The number of aromatic nitrogens is 2. The Bertz CT molecular complexity index is 939. The molecule has 2 aromatic carbocycles. The van der Waals surface area contributed by atoms with Gasteiger partial charge in [-0.15, -0.1) is 0 Å². The molecule has 0 fully saturated rings. The van der Waals surface area contributed by atoms with E-state index in [-0.39, 0.29) is 5.91 Å². The van der Waals surface area contributed by atoms with Crippen LogP contribution in [0.1, 0.15) is 28.8 Å². The number of carbonyl (C=O) groups excluding carboxylic acids is 1. The third-order valence-corrected chi connectivity index (χ3v) is 4.06. The summed E-state index contributed by atoms with van der Waals surface area (Å²) >= 11 is 0. The maximum Gasteiger partial charge on any atom is 0.274 e. The summed E-state index contributed by atoms with van der Waals surface area (Å²) < 4.78 is 5.34. The molecule has 0 atom stereocenters. The molecule has 0 radical (unpaired) electrons. The van der Waals surface area contributed by atoms with Crippen LogP contribution < -0.4 is 15.4 Å². The zero-order valence-electron chi connectivity index (χ0n) is 15.6. The lowest BCUT2D eigenvalue weighted by atomic mass is 10.1. The number of para-hydroxylation sites is 2. The van der Waals surface area contributed by atoms with E-state index in [1.807, 2.05) is 48.5 Å². The summed E-state index contributed by atoms with van der Waals surface area (Å²) in [6, 6.07) is 16.9. The van der Waals surface area contributed by atoms with Gasteiger partial charge in [0.15, 0.2) is 0 Å². The highest BCUT2D eigenvalue weighted by Crippen LogP contribution is 2.26. The van der Waals surface area contributed by atoms with Crippen LogP contribution in [0.4, 0.5) is 17.2 Å². The van der Waals surface area contributed by atoms with E-state index in [9.17, 15) is 4.79 Å². The van der Waals surface area contributed by atoms with E-state index in [0.29, 0.717) is 23.1 Å². The monoisotopic (exact) mass is 362 g/mol. The molecule has 0 bridgehead atoms. The minimum Gasteiger partial charge on any atom is -0.495 e. The molecular weight excluding hydrogens is 340 g/mol. The van der Waals surface area contributed by atoms with Gasteiger partial charge in [-0.2, -0.15) is 0 Å². The van der Waals surface area contributed by atoms with E-state index in [1.165, 1.54) is 5.56 Å². The zero-order chi connectivity index (χ0) is 19.2. The fourth-order valence-electron chi connectivity index (χ4n) is 2.65. The quantitative estimate of drug-likeness (QED) is 0.682. The molecule has 3 aromatic rings. The van der Waals surface area contributed by atoms with E-state index in [2.05, 4.69) is 27.5 Å². The number of anilines is 3. The van der Waals surface area contributed by atoms with Crippen molar-refractivity contribution in [3.05, 3.63) is 71.7 Å². The Morgan fingerprint density at radius 2 is 1.81 bits per heavy atom. The lowest BCUT2D eigenvalue weighted by molar-refractivity contribution is 0.102. The van der Waals surface area contributed by atoms with Gasteiger partial charge in [-0.25, -0.2) is 9.97 Å². The van der Waals surface area contributed by atoms with Crippen molar-refractivity contribution in [2.24, 2.45) is 0 Å². The number of hydrogen-bond acceptors (Lipinski definition) is 5. The number of carbonyl (C=O) groups is 1. The summed E-state index contributed by atoms with van der Waals surface area (Å²) in [5.74, 6) is 1.43. The lowest BCUT2D eigenvalue weighted by Crippen LogP contribution is -2.15. The van der Waals surface area contributed by atoms with Crippen molar-refractivity contribution in [1.29, 1.82) is 0 Å². The minimum absolute atomic E-state index is 0.284. The zero-order valence-corrected chi connectivity index (χ0v) is 15.6. The van der Waals surface area contributed by atoms with Gasteiger partial charge in [0.2, 0.25) is 0 Å². The average molecular weight is 362 g/mol. The van der Waals surface area contributed by atoms with Crippen LogP contribution >= 0.6 is 0 Å². The molecule has 0 aliphatic carbocycles. The highest BCUT2D eigenvalue weighted by Gasteiger charge is 2.12. The number of benzene rings is 2. The Morgan fingerprint density at radius 1 is 1.07 bits per heavy atom. The molecule has 1 aromatic heterocycles. The van der Waals surface area contributed by atoms with Gasteiger partial charge in [0.1, 0.15) is 23.1 Å². The van der Waals surface area contributed by atoms with Gasteiger partial charge in [0.05, 0.1) is 12.8 Å². The van der Waals surface area contributed by atoms with E-state index in [1.54, 1.807) is 20.1 Å². The summed E-state index contributed by atoms with van der Waals surface area (Å²) in [7, 11) is 1.61. The van der Waals surface area contributed by atoms with Crippen molar-refractivity contribution in [3.8, 4) is 5.75 Å². The van der Waals surface area contributed by atoms with E-state index in [0.717, 1.165) is 17.8 Å². The van der Waals surface area contributed by atoms with Gasteiger partial charge in [-0.3, -0.25) is 4.79 Å². The summed E-state index contributed by atoms with van der Waals surface area (Å²) in [5, 5.41) is 6.05. The molecular formula is C21H22N4O2. The van der Waals surface area contributed by atoms with Gasteiger partial charge in [-0.1, -0.05) is 31.2 Å². The number of amides is 1. The minimum atomic E-state index is -0.284. The van der Waals surface area contributed by atoms with Crippen molar-refractivity contribution in [2.75, 3.05) is 17.7 Å². The van der Waals surface area contributed by atoms with E-state index >= 15 is 0 Å². The predicted octanol–water partition coefficient (Wildman–Crippen LogP) is 4.35. The van der Waals surface area contributed by atoms with Crippen molar-refractivity contribution >= 4 is 23.1 Å². The van der Waals surface area contributed by atoms with Gasteiger partial charge >= 0.3 is 0 Å². The number of rotatable bonds is 6. The standard InChI is InChI=1S/C21H22N4O2/c1-4-15-9-11-16(12-10-15)24-21(26)18-13-20(23-14(2)22-18)25-17-7-5-6-8-19(17)27-3/h5-13H,4H2,1-3H3,(H,24,26)(H,22,23,25). The second-order valence-corrected chi connectivity index (χ2v) is 6.02. The molecule has 1 heterocycles. The van der Waals surface area contributed by atoms with Gasteiger partial charge < -0.3 is 15.4 Å². The molecule has 0 aliphatic rings. The summed E-state index contributed by atoms with van der Waals surface area (Å²) in [6.07, 6.45) is 0.956. The largest absolute Gasteiger partial charge is 0.495 e. The van der Waals surface area contributed by atoms with Crippen LogP contribution in [-0.2, 0) is 6.42 Å². The third-order valence-electron chi connectivity index (χ3n) is 4.06. The number of ether oxygens (including phenoxy) is 1. The fourth-order valence-corrected chi connectivity index (χ4v) is 2.65. The Balaban J connectivity index is 1.80. The summed E-state index contributed by atoms with van der Waals surface area (Å²) in [6.45, 7) is 3.84. The first kappa shape index (κ1) is 18.4. The van der Waals surface area contributed by atoms with Crippen LogP contribution in [-0.4, -0.2) is 23.0 Å². The summed E-state index contributed by atoms with van der Waals surface area (Å²) in [4.78, 5) is 21.2. The van der Waals surface area contributed by atoms with E-state index in [4.69, 9.17) is 4.74 Å². The number of methoxy groups -OCH3 is 1. The second kappa shape index (κ2) is 8.31. The molecule has 138 valence electrons. The Morgan fingerprint density at radius 3 is 2.52 bits per heavy atom. The number of nitrogens with one attached hydrogen (secondary N) is 2. The van der Waals surface area contributed by atoms with Crippen LogP contribution in [0.15, 0.2) is 54.6 Å². The summed E-state index contributed by atoms with van der Waals surface area (Å²) in [5.41, 5.74) is 3.00. The number of hydrogen-bond donors (Lipinski definition) is 2. The number of nitrogens with zero attached hydrogens (tertiary/aromatic N) is 2. The highest BCUT2D eigenvalue weighted by molar-refractivity contribution is 6.03. The predicted molar refractivity (Wildman–Crippen MR) is 107 cm³/mol. The van der Waals surface area contributed by atoms with E-state index < -0.39 is 0 Å². The number of aryl methyl sites for hydroxylation is 2. The van der Waals surface area contributed by atoms with Crippen LogP contribution in [0.3, 0.4) is 0 Å². The van der Waals surface area contributed by atoms with Crippen molar-refractivity contribution in [3.63, 3.8) is 0 Å². The maximum atomic E-state index is 12.6. The highest BCUT2D eigenvalue weighted by atomic mass is 16.5. The maximum absolute atomic E-state index is 12.6. The molecule has 0 saturated heterocycles. The fraction of sp³-hybridized carbons (Fsp3) is 0.190. The molecule has 3 rings (SSSR count). The van der Waals surface area contributed by atoms with Crippen molar-refractivity contribution < 1.29 is 9.53 Å². The normalized spacial score (nSPS) is 10.3. The molecule has 27 heavy (non-hydrogen) atoms. The Labute approximate surface area is 158 Å². The Hall–Kier alpha value is -3.41. The molecule has 0 unspecified atom stereocenters. The molecule has 0 aliphatic heterocycles. The van der Waals surface area contributed by atoms with Gasteiger partial charge in [-0.05, 0) is 43.2 Å². The molecule has 6 heteroatoms. The van der Waals surface area contributed by atoms with Crippen LogP contribution in [0, 0.1) is 6.92 Å². The van der Waals surface area contributed by atoms with Crippen molar-refractivity contribution in [1.82, 2.24) is 9.97 Å². The van der Waals surface area contributed by atoms with Gasteiger partial charge in [0, 0.05) is 11.8 Å². The van der Waals surface area contributed by atoms with Crippen molar-refractivity contribution in [2.45, 2.75) is 20.3 Å². The molecule has 1 amide bonds. The lowest BCUT2D eigenvalue weighted by Gasteiger charge is -2.12. The SMILES string of the molecule is CCc1ccc(NC(=O)c2cc(Nc3ccccc3OC)nc(C)n2)cc1. The van der Waals surface area contributed by atoms with Crippen LogP contribution in [0.2, 0.25) is 0 Å². The third kappa shape index (κ3) is 4.61. The topological polar surface area (TPSA) is 76.1 Å². The smallest absolute Gasteiger partial charge is 0.274 e. The first-order valence-electron chi connectivity index (χ1n) is 8.75. The molecule has 0 saturated carbocycles. The molecule has 6 nitrogen and oxygen atoms in total. The first-order valence-corrected chi connectivity index (χ1v) is 8.75. The van der Waals surface area contributed by atoms with Gasteiger partial charge in [0.25, 0.3) is 5.91 Å². The molecule has 0 spiro atoms.